The van der Waals surface area contributed by atoms with Crippen molar-refractivity contribution in [3.8, 4) is 0 Å². The minimum atomic E-state index is -4.54. The van der Waals surface area contributed by atoms with E-state index < -0.39 is 29.3 Å². The molecule has 0 amide bonds. The standard InChI is InChI=1S/C25H17F4NO2/c26-20-11-8-14-4-1-2-7-18(14)19(20)13-21-23(31)22(24(32-21)30-17-9-10-17)15-5-3-6-16(12-15)25(27,28)29/h1-8,11-13,17,22H,9-10H2. The first-order valence-electron chi connectivity index (χ1n) is 10.2. The average molecular weight is 439 g/mol. The molecule has 1 atom stereocenters. The number of rotatable bonds is 3. The van der Waals surface area contributed by atoms with Crippen molar-refractivity contribution >= 4 is 28.5 Å². The van der Waals surface area contributed by atoms with Crippen LogP contribution >= 0.6 is 0 Å². The van der Waals surface area contributed by atoms with E-state index in [4.69, 9.17) is 4.74 Å². The van der Waals surface area contributed by atoms with E-state index in [-0.39, 0.29) is 28.8 Å². The Balaban J connectivity index is 1.60. The fraction of sp³-hybridized carbons (Fsp3) is 0.200. The molecule has 2 aliphatic rings. The van der Waals surface area contributed by atoms with Crippen LogP contribution in [0.3, 0.4) is 0 Å². The molecule has 162 valence electrons. The number of nitrogens with zero attached hydrogens (tertiary/aromatic N) is 1. The molecule has 1 saturated heterocycles. The predicted molar refractivity (Wildman–Crippen MR) is 113 cm³/mol. The van der Waals surface area contributed by atoms with Gasteiger partial charge in [0, 0.05) is 5.56 Å². The lowest BCUT2D eigenvalue weighted by Crippen LogP contribution is -2.15. The fourth-order valence-electron chi connectivity index (χ4n) is 3.80. The molecule has 3 aromatic rings. The zero-order chi connectivity index (χ0) is 22.5. The highest BCUT2D eigenvalue weighted by Crippen LogP contribution is 2.38. The molecule has 0 radical (unpaired) electrons. The van der Waals surface area contributed by atoms with Gasteiger partial charge in [0.05, 0.1) is 11.6 Å². The minimum absolute atomic E-state index is 0.0141. The van der Waals surface area contributed by atoms with Gasteiger partial charge in [0.2, 0.25) is 11.7 Å². The summed E-state index contributed by atoms with van der Waals surface area (Å²) in [5, 5.41) is 1.38. The predicted octanol–water partition coefficient (Wildman–Crippen LogP) is 6.28. The Morgan fingerprint density at radius 1 is 1.00 bits per heavy atom. The number of halogens is 4. The highest BCUT2D eigenvalue weighted by Gasteiger charge is 2.42. The third kappa shape index (κ3) is 3.79. The molecule has 32 heavy (non-hydrogen) atoms. The lowest BCUT2D eigenvalue weighted by molar-refractivity contribution is -0.137. The number of aliphatic imine (C=N–C) groups is 1. The fourth-order valence-corrected chi connectivity index (χ4v) is 3.80. The summed E-state index contributed by atoms with van der Waals surface area (Å²) in [6.45, 7) is 0. The molecule has 0 aromatic heterocycles. The Kier molecular flexibility index (Phi) is 4.84. The SMILES string of the molecule is O=C1C(=Cc2c(F)ccc3ccccc23)OC(=NC2CC2)C1c1cccc(C(F)(F)F)c1. The number of ether oxygens (including phenoxy) is 1. The molecule has 0 spiro atoms. The summed E-state index contributed by atoms with van der Waals surface area (Å²) in [6, 6.07) is 14.6. The molecule has 7 heteroatoms. The second kappa shape index (κ2) is 7.58. The highest BCUT2D eigenvalue weighted by molar-refractivity contribution is 6.21. The molecule has 0 bridgehead atoms. The van der Waals surface area contributed by atoms with E-state index in [0.29, 0.717) is 5.39 Å². The Bertz CT molecular complexity index is 1290. The summed E-state index contributed by atoms with van der Waals surface area (Å²) in [6.07, 6.45) is -1.58. The van der Waals surface area contributed by atoms with Crippen LogP contribution in [0.25, 0.3) is 16.8 Å². The van der Waals surface area contributed by atoms with Crippen LogP contribution in [0.1, 0.15) is 35.4 Å². The smallest absolute Gasteiger partial charge is 0.416 e. The van der Waals surface area contributed by atoms with Crippen molar-refractivity contribution in [1.82, 2.24) is 0 Å². The number of carbonyl (C=O) groups is 1. The van der Waals surface area contributed by atoms with Crippen molar-refractivity contribution in [2.75, 3.05) is 0 Å². The Morgan fingerprint density at radius 2 is 1.78 bits per heavy atom. The number of hydrogen-bond donors (Lipinski definition) is 0. The van der Waals surface area contributed by atoms with Gasteiger partial charge in [-0.1, -0.05) is 48.5 Å². The molecule has 2 fully saturated rings. The van der Waals surface area contributed by atoms with Gasteiger partial charge in [-0.25, -0.2) is 4.39 Å². The van der Waals surface area contributed by atoms with E-state index in [0.717, 1.165) is 30.4 Å². The first-order chi connectivity index (χ1) is 15.3. The summed E-state index contributed by atoms with van der Waals surface area (Å²) in [5.74, 6) is -2.25. The summed E-state index contributed by atoms with van der Waals surface area (Å²) < 4.78 is 60.1. The normalized spacial score (nSPS) is 21.5. The maximum atomic E-state index is 14.7. The molecular formula is C25H17F4NO2. The van der Waals surface area contributed by atoms with E-state index in [1.54, 1.807) is 18.2 Å². The number of benzene rings is 3. The van der Waals surface area contributed by atoms with Crippen LogP contribution in [-0.2, 0) is 15.7 Å². The molecule has 0 N–H and O–H groups in total. The number of Topliss-reactive ketones (excluding diaryl/α,β-unsaturated/α-hetero) is 1. The van der Waals surface area contributed by atoms with Gasteiger partial charge in [-0.05, 0) is 47.4 Å². The van der Waals surface area contributed by atoms with Gasteiger partial charge in [-0.15, -0.1) is 0 Å². The zero-order valence-corrected chi connectivity index (χ0v) is 16.7. The van der Waals surface area contributed by atoms with Crippen LogP contribution < -0.4 is 0 Å². The van der Waals surface area contributed by atoms with E-state index in [2.05, 4.69) is 4.99 Å². The molecule has 1 unspecified atom stereocenters. The van der Waals surface area contributed by atoms with Gasteiger partial charge in [0.15, 0.2) is 5.76 Å². The quantitative estimate of drug-likeness (QED) is 0.356. The van der Waals surface area contributed by atoms with E-state index in [1.165, 1.54) is 24.3 Å². The van der Waals surface area contributed by atoms with Gasteiger partial charge in [-0.3, -0.25) is 9.79 Å². The van der Waals surface area contributed by atoms with Crippen LogP contribution in [0, 0.1) is 5.82 Å². The summed E-state index contributed by atoms with van der Waals surface area (Å²) >= 11 is 0. The molecule has 1 saturated carbocycles. The largest absolute Gasteiger partial charge is 0.438 e. The monoisotopic (exact) mass is 439 g/mol. The lowest BCUT2D eigenvalue weighted by Gasteiger charge is -2.11. The minimum Gasteiger partial charge on any atom is -0.438 e. The summed E-state index contributed by atoms with van der Waals surface area (Å²) in [5.41, 5.74) is -0.529. The van der Waals surface area contributed by atoms with Crippen LogP contribution in [0.5, 0.6) is 0 Å². The maximum absolute atomic E-state index is 14.7. The second-order valence-electron chi connectivity index (χ2n) is 7.91. The van der Waals surface area contributed by atoms with E-state index in [9.17, 15) is 22.4 Å². The number of hydrogen-bond acceptors (Lipinski definition) is 3. The number of carbonyl (C=O) groups excluding carboxylic acids is 1. The summed E-state index contributed by atoms with van der Waals surface area (Å²) in [4.78, 5) is 17.7. The van der Waals surface area contributed by atoms with Crippen molar-refractivity contribution in [3.05, 3.63) is 88.9 Å². The van der Waals surface area contributed by atoms with Gasteiger partial charge in [-0.2, -0.15) is 13.2 Å². The third-order valence-corrected chi connectivity index (χ3v) is 5.56. The number of allylic oxidation sites excluding steroid dienone is 1. The van der Waals surface area contributed by atoms with E-state index >= 15 is 0 Å². The molecule has 3 aromatic carbocycles. The molecule has 3 nitrogen and oxygen atoms in total. The van der Waals surface area contributed by atoms with Crippen molar-refractivity contribution in [2.45, 2.75) is 31.0 Å². The van der Waals surface area contributed by atoms with E-state index in [1.807, 2.05) is 12.1 Å². The van der Waals surface area contributed by atoms with Crippen LogP contribution in [0.2, 0.25) is 0 Å². The molecule has 1 aliphatic carbocycles. The Morgan fingerprint density at radius 3 is 2.53 bits per heavy atom. The first kappa shape index (κ1) is 20.4. The number of alkyl halides is 3. The molecule has 5 rings (SSSR count). The summed E-state index contributed by atoms with van der Waals surface area (Å²) in [7, 11) is 0. The second-order valence-corrected chi connectivity index (χ2v) is 7.91. The van der Waals surface area contributed by atoms with Crippen molar-refractivity contribution in [2.24, 2.45) is 4.99 Å². The van der Waals surface area contributed by atoms with Crippen LogP contribution in [0.4, 0.5) is 17.6 Å². The molecule has 1 heterocycles. The first-order valence-corrected chi connectivity index (χ1v) is 10.2. The van der Waals surface area contributed by atoms with Crippen LogP contribution in [-0.4, -0.2) is 17.7 Å². The Labute approximate surface area is 181 Å². The average Bonchev–Trinajstić information content (AvgIpc) is 3.53. The molecule has 1 aliphatic heterocycles. The molecular weight excluding hydrogens is 422 g/mol. The van der Waals surface area contributed by atoms with Gasteiger partial charge >= 0.3 is 6.18 Å². The van der Waals surface area contributed by atoms with Crippen molar-refractivity contribution in [3.63, 3.8) is 0 Å². The van der Waals surface area contributed by atoms with Crippen LogP contribution in [0.15, 0.2) is 71.4 Å². The number of fused-ring (bicyclic) bond motifs is 1. The zero-order valence-electron chi connectivity index (χ0n) is 16.7. The third-order valence-electron chi connectivity index (χ3n) is 5.56. The van der Waals surface area contributed by atoms with Crippen molar-refractivity contribution < 1.29 is 27.1 Å². The van der Waals surface area contributed by atoms with Crippen molar-refractivity contribution in [1.29, 1.82) is 0 Å². The van der Waals surface area contributed by atoms with Gasteiger partial charge < -0.3 is 4.74 Å². The number of ketones is 1. The van der Waals surface area contributed by atoms with Gasteiger partial charge in [0.25, 0.3) is 0 Å². The topological polar surface area (TPSA) is 38.7 Å². The maximum Gasteiger partial charge on any atom is 0.416 e. The highest BCUT2D eigenvalue weighted by atomic mass is 19.4. The van der Waals surface area contributed by atoms with Gasteiger partial charge in [0.1, 0.15) is 11.7 Å². The Hall–Kier alpha value is -3.48. The lowest BCUT2D eigenvalue weighted by atomic mass is 9.93.